The van der Waals surface area contributed by atoms with Gasteiger partial charge in [-0.25, -0.2) is 0 Å². The number of benzene rings is 2. The molecule has 1 aliphatic rings. The van der Waals surface area contributed by atoms with Crippen LogP contribution in [0.1, 0.15) is 24.5 Å². The van der Waals surface area contributed by atoms with E-state index in [2.05, 4.69) is 11.1 Å². The molecule has 2 aromatic carbocycles. The van der Waals surface area contributed by atoms with Crippen molar-refractivity contribution in [3.05, 3.63) is 77.0 Å². The lowest BCUT2D eigenvalue weighted by Crippen LogP contribution is -2.33. The average molecular weight is 407 g/mol. The third-order valence-corrected chi connectivity index (χ3v) is 5.36. The van der Waals surface area contributed by atoms with Crippen molar-refractivity contribution in [3.63, 3.8) is 0 Å². The smallest absolute Gasteiger partial charge is 0.246 e. The Labute approximate surface area is 175 Å². The number of amides is 1. The predicted octanol–water partition coefficient (Wildman–Crippen LogP) is 5.55. The second-order valence-corrected chi connectivity index (χ2v) is 7.43. The molecule has 0 spiro atoms. The van der Waals surface area contributed by atoms with Crippen LogP contribution in [0.15, 0.2) is 60.8 Å². The predicted molar refractivity (Wildman–Crippen MR) is 119 cm³/mol. The minimum absolute atomic E-state index is 0.0242. The maximum absolute atomic E-state index is 12.6. The molecule has 5 heteroatoms. The summed E-state index contributed by atoms with van der Waals surface area (Å²) in [4.78, 5) is 17.7. The van der Waals surface area contributed by atoms with Crippen LogP contribution in [0.3, 0.4) is 0 Å². The number of aromatic amines is 1. The summed E-state index contributed by atoms with van der Waals surface area (Å²) in [5.74, 6) is 0.861. The molecule has 0 bridgehead atoms. The third kappa shape index (κ3) is 4.38. The molecule has 4 rings (SSSR count). The molecule has 1 amide bonds. The van der Waals surface area contributed by atoms with Crippen molar-refractivity contribution in [2.45, 2.75) is 13.3 Å². The van der Waals surface area contributed by atoms with Crippen molar-refractivity contribution in [1.82, 2.24) is 9.88 Å². The van der Waals surface area contributed by atoms with Gasteiger partial charge in [0.25, 0.3) is 0 Å². The molecule has 4 nitrogen and oxygen atoms in total. The second-order valence-electron chi connectivity index (χ2n) is 6.99. The fraction of sp³-hybridized carbons (Fsp3) is 0.208. The van der Waals surface area contributed by atoms with Gasteiger partial charge in [-0.3, -0.25) is 4.79 Å². The van der Waals surface area contributed by atoms with E-state index >= 15 is 0 Å². The Balaban J connectivity index is 1.42. The van der Waals surface area contributed by atoms with Gasteiger partial charge in [-0.1, -0.05) is 29.8 Å². The Morgan fingerprint density at radius 2 is 2.07 bits per heavy atom. The Kier molecular flexibility index (Phi) is 5.72. The summed E-state index contributed by atoms with van der Waals surface area (Å²) in [6.07, 6.45) is 8.47. The summed E-state index contributed by atoms with van der Waals surface area (Å²) in [6.45, 7) is 3.91. The van der Waals surface area contributed by atoms with Crippen molar-refractivity contribution < 1.29 is 9.53 Å². The van der Waals surface area contributed by atoms with E-state index < -0.39 is 0 Å². The van der Waals surface area contributed by atoms with Crippen LogP contribution < -0.4 is 4.74 Å². The molecule has 0 saturated heterocycles. The first-order chi connectivity index (χ1) is 14.1. The van der Waals surface area contributed by atoms with Crippen LogP contribution in [0.2, 0.25) is 5.02 Å². The highest BCUT2D eigenvalue weighted by Crippen LogP contribution is 2.31. The van der Waals surface area contributed by atoms with Gasteiger partial charge in [-0.15, -0.1) is 0 Å². The van der Waals surface area contributed by atoms with Crippen molar-refractivity contribution in [2.75, 3.05) is 19.7 Å². The highest BCUT2D eigenvalue weighted by atomic mass is 35.5. The van der Waals surface area contributed by atoms with Gasteiger partial charge in [-0.05, 0) is 60.9 Å². The Morgan fingerprint density at radius 1 is 1.24 bits per heavy atom. The van der Waals surface area contributed by atoms with E-state index in [9.17, 15) is 4.79 Å². The number of fused-ring (bicyclic) bond motifs is 1. The number of carbonyl (C=O) groups excluding carboxylic acids is 1. The van der Waals surface area contributed by atoms with Crippen molar-refractivity contribution in [1.29, 1.82) is 0 Å². The SMILES string of the molecule is CCOc1ccc(/C=C/C(=O)N2CC=C(c3c[nH]c4ccc(Cl)cc34)CC2)cc1. The number of nitrogens with zero attached hydrogens (tertiary/aromatic N) is 1. The summed E-state index contributed by atoms with van der Waals surface area (Å²) in [7, 11) is 0. The molecule has 0 radical (unpaired) electrons. The Hall–Kier alpha value is -2.98. The standard InChI is InChI=1S/C24H23ClN2O2/c1-2-29-20-7-3-17(4-8-20)5-10-24(28)27-13-11-18(12-14-27)22-16-26-23-9-6-19(25)15-21(22)23/h3-11,15-16,26H,2,12-14H2,1H3/b10-5+. The lowest BCUT2D eigenvalue weighted by Gasteiger charge is -2.25. The minimum atomic E-state index is 0.0242. The maximum atomic E-state index is 12.6. The van der Waals surface area contributed by atoms with E-state index in [0.29, 0.717) is 19.7 Å². The Morgan fingerprint density at radius 3 is 2.79 bits per heavy atom. The van der Waals surface area contributed by atoms with Crippen LogP contribution in [-0.2, 0) is 4.79 Å². The van der Waals surface area contributed by atoms with Gasteiger partial charge in [0.15, 0.2) is 0 Å². The number of rotatable bonds is 5. The first kappa shape index (κ1) is 19.3. The number of carbonyl (C=O) groups is 1. The molecule has 0 unspecified atom stereocenters. The van der Waals surface area contributed by atoms with Crippen molar-refractivity contribution in [2.24, 2.45) is 0 Å². The molecular weight excluding hydrogens is 384 g/mol. The molecule has 0 saturated carbocycles. The zero-order valence-electron chi connectivity index (χ0n) is 16.3. The number of hydrogen-bond acceptors (Lipinski definition) is 2. The quantitative estimate of drug-likeness (QED) is 0.564. The van der Waals surface area contributed by atoms with E-state index in [4.69, 9.17) is 16.3 Å². The van der Waals surface area contributed by atoms with Crippen LogP contribution in [0.4, 0.5) is 0 Å². The number of H-pyrrole nitrogens is 1. The molecule has 29 heavy (non-hydrogen) atoms. The number of nitrogens with one attached hydrogen (secondary N) is 1. The molecule has 1 aromatic heterocycles. The van der Waals surface area contributed by atoms with Gasteiger partial charge in [0, 0.05) is 46.9 Å². The van der Waals surface area contributed by atoms with Gasteiger partial charge in [0.05, 0.1) is 6.61 Å². The van der Waals surface area contributed by atoms with Crippen molar-refractivity contribution in [3.8, 4) is 5.75 Å². The normalized spacial score (nSPS) is 14.4. The second kappa shape index (κ2) is 8.58. The minimum Gasteiger partial charge on any atom is -0.494 e. The molecule has 3 aromatic rings. The topological polar surface area (TPSA) is 45.3 Å². The summed E-state index contributed by atoms with van der Waals surface area (Å²) < 4.78 is 5.44. The number of aromatic nitrogens is 1. The fourth-order valence-electron chi connectivity index (χ4n) is 3.59. The van der Waals surface area contributed by atoms with E-state index in [1.54, 1.807) is 6.08 Å². The van der Waals surface area contributed by atoms with E-state index in [-0.39, 0.29) is 5.91 Å². The van der Waals surface area contributed by atoms with Gasteiger partial charge >= 0.3 is 0 Å². The monoisotopic (exact) mass is 406 g/mol. The summed E-state index contributed by atoms with van der Waals surface area (Å²) in [6, 6.07) is 13.6. The average Bonchev–Trinajstić information content (AvgIpc) is 3.16. The largest absolute Gasteiger partial charge is 0.494 e. The maximum Gasteiger partial charge on any atom is 0.246 e. The molecule has 148 valence electrons. The number of ether oxygens (including phenoxy) is 1. The molecule has 1 aliphatic heterocycles. The number of hydrogen-bond donors (Lipinski definition) is 1. The first-order valence-corrected chi connectivity index (χ1v) is 10.2. The van der Waals surface area contributed by atoms with E-state index in [1.807, 2.05) is 66.6 Å². The van der Waals surface area contributed by atoms with Gasteiger partial charge < -0.3 is 14.6 Å². The van der Waals surface area contributed by atoms with Crippen molar-refractivity contribution >= 4 is 40.1 Å². The van der Waals surface area contributed by atoms with E-state index in [0.717, 1.165) is 33.7 Å². The zero-order chi connectivity index (χ0) is 20.2. The van der Waals surface area contributed by atoms with Crippen LogP contribution >= 0.6 is 11.6 Å². The Bertz CT molecular complexity index is 1080. The molecule has 0 atom stereocenters. The van der Waals surface area contributed by atoms with Gasteiger partial charge in [-0.2, -0.15) is 0 Å². The highest BCUT2D eigenvalue weighted by molar-refractivity contribution is 6.31. The lowest BCUT2D eigenvalue weighted by atomic mass is 9.99. The highest BCUT2D eigenvalue weighted by Gasteiger charge is 2.18. The summed E-state index contributed by atoms with van der Waals surface area (Å²) in [5.41, 5.74) is 4.46. The lowest BCUT2D eigenvalue weighted by molar-refractivity contribution is -0.125. The van der Waals surface area contributed by atoms with Crippen LogP contribution in [0.5, 0.6) is 5.75 Å². The molecule has 2 heterocycles. The zero-order valence-corrected chi connectivity index (χ0v) is 17.1. The van der Waals surface area contributed by atoms with Gasteiger partial charge in [0.2, 0.25) is 5.91 Å². The van der Waals surface area contributed by atoms with Gasteiger partial charge in [0.1, 0.15) is 5.75 Å². The first-order valence-electron chi connectivity index (χ1n) is 9.80. The van der Waals surface area contributed by atoms with Crippen LogP contribution in [-0.4, -0.2) is 35.5 Å². The number of halogens is 1. The summed E-state index contributed by atoms with van der Waals surface area (Å²) >= 11 is 6.16. The van der Waals surface area contributed by atoms with Crippen LogP contribution in [0, 0.1) is 0 Å². The fourth-order valence-corrected chi connectivity index (χ4v) is 3.76. The summed E-state index contributed by atoms with van der Waals surface area (Å²) in [5, 5.41) is 1.85. The molecular formula is C24H23ClN2O2. The molecule has 1 N–H and O–H groups in total. The molecule has 0 aliphatic carbocycles. The van der Waals surface area contributed by atoms with Crippen LogP contribution in [0.25, 0.3) is 22.6 Å². The third-order valence-electron chi connectivity index (χ3n) is 5.12. The van der Waals surface area contributed by atoms with E-state index in [1.165, 1.54) is 11.1 Å². The molecule has 0 fully saturated rings.